The lowest BCUT2D eigenvalue weighted by Gasteiger charge is -2.36. The summed E-state index contributed by atoms with van der Waals surface area (Å²) in [6.07, 6.45) is -2.28. The highest BCUT2D eigenvalue weighted by Gasteiger charge is 2.60. The van der Waals surface area contributed by atoms with Gasteiger partial charge in [-0.25, -0.2) is 4.39 Å². The summed E-state index contributed by atoms with van der Waals surface area (Å²) in [5.74, 6) is -1.55. The third-order valence-corrected chi connectivity index (χ3v) is 4.83. The van der Waals surface area contributed by atoms with E-state index in [0.29, 0.717) is 5.75 Å². The molecule has 0 unspecified atom stereocenters. The SMILES string of the molecule is CC1(C)O[C@H]2[C@@H](O1)[C@@H](COC(=S)Oc1ccc(F)cc1)O[C@@H]1OC(C)(C)O[C@@H]12. The van der Waals surface area contributed by atoms with Crippen LogP contribution < -0.4 is 4.74 Å². The first-order valence-corrected chi connectivity index (χ1v) is 9.50. The van der Waals surface area contributed by atoms with Crippen LogP contribution in [0.1, 0.15) is 27.7 Å². The number of benzene rings is 1. The van der Waals surface area contributed by atoms with E-state index in [2.05, 4.69) is 0 Å². The highest BCUT2D eigenvalue weighted by atomic mass is 32.1. The minimum absolute atomic E-state index is 0.0770. The molecule has 5 atom stereocenters. The average Bonchev–Trinajstić information content (AvgIpc) is 3.09. The molecule has 0 N–H and O–H groups in total. The molecule has 9 heteroatoms. The predicted octanol–water partition coefficient (Wildman–Crippen LogP) is 2.90. The molecule has 3 heterocycles. The van der Waals surface area contributed by atoms with Crippen LogP contribution in [-0.4, -0.2) is 54.1 Å². The first-order chi connectivity index (χ1) is 13.1. The van der Waals surface area contributed by atoms with Crippen LogP contribution in [0.4, 0.5) is 4.39 Å². The maximum atomic E-state index is 13.0. The van der Waals surface area contributed by atoms with Gasteiger partial charge in [-0.05, 0) is 52.0 Å². The summed E-state index contributed by atoms with van der Waals surface area (Å²) in [6.45, 7) is 7.39. The zero-order chi connectivity index (χ0) is 20.1. The Kier molecular flexibility index (Phi) is 5.09. The largest absolute Gasteiger partial charge is 0.454 e. The summed E-state index contributed by atoms with van der Waals surface area (Å²) in [6, 6.07) is 5.48. The fourth-order valence-corrected chi connectivity index (χ4v) is 3.77. The number of ether oxygens (including phenoxy) is 7. The molecule has 0 spiro atoms. The van der Waals surface area contributed by atoms with Crippen LogP contribution in [0.3, 0.4) is 0 Å². The Morgan fingerprint density at radius 3 is 2.29 bits per heavy atom. The van der Waals surface area contributed by atoms with E-state index in [1.807, 2.05) is 27.7 Å². The van der Waals surface area contributed by atoms with Crippen molar-refractivity contribution in [1.82, 2.24) is 0 Å². The molecular formula is C19H23FO7S. The summed E-state index contributed by atoms with van der Waals surface area (Å²) in [5, 5.41) is -0.101. The Morgan fingerprint density at radius 2 is 1.57 bits per heavy atom. The van der Waals surface area contributed by atoms with Gasteiger partial charge < -0.3 is 33.2 Å². The van der Waals surface area contributed by atoms with Crippen LogP contribution in [0.5, 0.6) is 5.75 Å². The summed E-state index contributed by atoms with van der Waals surface area (Å²) in [7, 11) is 0. The number of hydrogen-bond acceptors (Lipinski definition) is 8. The minimum Gasteiger partial charge on any atom is -0.454 e. The lowest BCUT2D eigenvalue weighted by molar-refractivity contribution is -0.239. The highest BCUT2D eigenvalue weighted by molar-refractivity contribution is 7.79. The molecule has 0 radical (unpaired) electrons. The number of hydrogen-bond donors (Lipinski definition) is 0. The van der Waals surface area contributed by atoms with E-state index in [9.17, 15) is 4.39 Å². The maximum absolute atomic E-state index is 13.0. The number of rotatable bonds is 3. The van der Waals surface area contributed by atoms with Gasteiger partial charge in [0.25, 0.3) is 0 Å². The fraction of sp³-hybridized carbons (Fsp3) is 0.632. The van der Waals surface area contributed by atoms with Crippen molar-refractivity contribution in [2.75, 3.05) is 6.61 Å². The van der Waals surface area contributed by atoms with Gasteiger partial charge in [-0.2, -0.15) is 0 Å². The lowest BCUT2D eigenvalue weighted by atomic mass is 9.99. The van der Waals surface area contributed by atoms with Gasteiger partial charge in [0.15, 0.2) is 17.9 Å². The van der Waals surface area contributed by atoms with E-state index in [4.69, 9.17) is 45.4 Å². The van der Waals surface area contributed by atoms with E-state index >= 15 is 0 Å². The highest BCUT2D eigenvalue weighted by Crippen LogP contribution is 2.44. The molecule has 4 rings (SSSR count). The van der Waals surface area contributed by atoms with Crippen molar-refractivity contribution in [2.45, 2.75) is 70.0 Å². The van der Waals surface area contributed by atoms with Gasteiger partial charge in [0.1, 0.15) is 42.6 Å². The van der Waals surface area contributed by atoms with Crippen LogP contribution in [0.25, 0.3) is 0 Å². The van der Waals surface area contributed by atoms with E-state index in [0.717, 1.165) is 0 Å². The Labute approximate surface area is 167 Å². The fourth-order valence-electron chi connectivity index (χ4n) is 3.61. The van der Waals surface area contributed by atoms with Gasteiger partial charge in [0, 0.05) is 12.2 Å². The third kappa shape index (κ3) is 4.14. The van der Waals surface area contributed by atoms with Crippen LogP contribution in [0, 0.1) is 5.82 Å². The Morgan fingerprint density at radius 1 is 0.964 bits per heavy atom. The van der Waals surface area contributed by atoms with E-state index < -0.39 is 36.2 Å². The van der Waals surface area contributed by atoms with Gasteiger partial charge in [-0.1, -0.05) is 0 Å². The molecule has 1 aromatic rings. The Bertz CT molecular complexity index is 738. The molecule has 0 aromatic heterocycles. The zero-order valence-corrected chi connectivity index (χ0v) is 16.9. The Hall–Kier alpha value is -1.36. The number of thiocarbonyl (C=S) groups is 1. The quantitative estimate of drug-likeness (QED) is 0.700. The molecule has 7 nitrogen and oxygen atoms in total. The monoisotopic (exact) mass is 414 g/mol. The second-order valence-corrected chi connectivity index (χ2v) is 8.16. The number of halogens is 1. The average molecular weight is 414 g/mol. The zero-order valence-electron chi connectivity index (χ0n) is 16.0. The molecule has 28 heavy (non-hydrogen) atoms. The van der Waals surface area contributed by atoms with Crippen molar-refractivity contribution in [3.63, 3.8) is 0 Å². The van der Waals surface area contributed by atoms with Crippen molar-refractivity contribution >= 4 is 17.5 Å². The van der Waals surface area contributed by atoms with Crippen LogP contribution >= 0.6 is 12.2 Å². The molecule has 0 saturated carbocycles. The standard InChI is InChI=1S/C19H23FO7S/c1-18(2)24-13-12(9-21-17(28)22-11-7-5-10(20)6-8-11)23-16-15(14(13)25-18)26-19(3,4)27-16/h5-8,12-16H,9H2,1-4H3/t12-,13+,14+,15-,16-/m1/s1. The molecule has 1 aromatic carbocycles. The number of fused-ring (bicyclic) bond motifs is 3. The van der Waals surface area contributed by atoms with Gasteiger partial charge in [0.2, 0.25) is 0 Å². The third-order valence-electron chi connectivity index (χ3n) is 4.63. The Balaban J connectivity index is 1.41. The summed E-state index contributed by atoms with van der Waals surface area (Å²) in [5.41, 5.74) is 0. The molecule has 3 fully saturated rings. The van der Waals surface area contributed by atoms with E-state index in [-0.39, 0.29) is 23.8 Å². The smallest absolute Gasteiger partial charge is 0.357 e. The molecule has 0 aliphatic carbocycles. The predicted molar refractivity (Wildman–Crippen MR) is 98.1 cm³/mol. The van der Waals surface area contributed by atoms with Gasteiger partial charge in [-0.3, -0.25) is 0 Å². The summed E-state index contributed by atoms with van der Waals surface area (Å²) < 4.78 is 53.8. The summed E-state index contributed by atoms with van der Waals surface area (Å²) in [4.78, 5) is 0. The van der Waals surface area contributed by atoms with E-state index in [1.165, 1.54) is 24.3 Å². The van der Waals surface area contributed by atoms with Crippen molar-refractivity contribution in [2.24, 2.45) is 0 Å². The molecule has 154 valence electrons. The van der Waals surface area contributed by atoms with Gasteiger partial charge in [0.05, 0.1) is 0 Å². The van der Waals surface area contributed by atoms with Gasteiger partial charge >= 0.3 is 5.24 Å². The van der Waals surface area contributed by atoms with Crippen LogP contribution in [-0.2, 0) is 28.4 Å². The van der Waals surface area contributed by atoms with Crippen molar-refractivity contribution < 1.29 is 37.5 Å². The lowest BCUT2D eigenvalue weighted by Crippen LogP contribution is -2.56. The normalized spacial score (nSPS) is 35.1. The van der Waals surface area contributed by atoms with E-state index in [1.54, 1.807) is 0 Å². The first-order valence-electron chi connectivity index (χ1n) is 9.09. The summed E-state index contributed by atoms with van der Waals surface area (Å²) >= 11 is 5.11. The van der Waals surface area contributed by atoms with Crippen molar-refractivity contribution in [1.29, 1.82) is 0 Å². The molecule has 0 amide bonds. The second-order valence-electron chi connectivity index (χ2n) is 7.82. The maximum Gasteiger partial charge on any atom is 0.357 e. The van der Waals surface area contributed by atoms with Crippen molar-refractivity contribution in [3.8, 4) is 5.75 Å². The van der Waals surface area contributed by atoms with Crippen LogP contribution in [0.15, 0.2) is 24.3 Å². The molecule has 0 bridgehead atoms. The molecule has 3 aliphatic heterocycles. The minimum atomic E-state index is -0.785. The first kappa shape index (κ1) is 19.9. The molecule has 3 saturated heterocycles. The second kappa shape index (κ2) is 7.16. The molecule has 3 aliphatic rings. The molecular weight excluding hydrogens is 391 g/mol. The topological polar surface area (TPSA) is 64.6 Å². The van der Waals surface area contributed by atoms with Gasteiger partial charge in [-0.15, -0.1) is 0 Å². The van der Waals surface area contributed by atoms with Crippen LogP contribution in [0.2, 0.25) is 0 Å². The van der Waals surface area contributed by atoms with Crippen molar-refractivity contribution in [3.05, 3.63) is 30.1 Å².